The highest BCUT2D eigenvalue weighted by molar-refractivity contribution is 7.89. The summed E-state index contributed by atoms with van der Waals surface area (Å²) < 4.78 is 31.3. The fourth-order valence-corrected chi connectivity index (χ4v) is 4.54. The zero-order valence-corrected chi connectivity index (χ0v) is 20.1. The Labute approximate surface area is 198 Å². The molecule has 0 unspecified atom stereocenters. The van der Waals surface area contributed by atoms with Crippen molar-refractivity contribution in [1.29, 1.82) is 0 Å². The molecule has 2 aromatic rings. The van der Waals surface area contributed by atoms with Crippen LogP contribution < -0.4 is 10.6 Å². The minimum Gasteiger partial charge on any atom is -0.454 e. The molecule has 1 atom stereocenters. The number of anilines is 1. The van der Waals surface area contributed by atoms with Gasteiger partial charge in [-0.15, -0.1) is 0 Å². The quantitative estimate of drug-likeness (QED) is 0.489. The number of nitrogens with zero attached hydrogens (tertiary/aromatic N) is 1. The van der Waals surface area contributed by atoms with Crippen LogP contribution in [0.3, 0.4) is 0 Å². The van der Waals surface area contributed by atoms with Crippen LogP contribution in [0, 0.1) is 0 Å². The van der Waals surface area contributed by atoms with E-state index in [1.54, 1.807) is 32.0 Å². The number of halogens is 1. The lowest BCUT2D eigenvalue weighted by Gasteiger charge is -2.18. The van der Waals surface area contributed by atoms with Crippen molar-refractivity contribution >= 4 is 45.1 Å². The molecule has 0 spiro atoms. The van der Waals surface area contributed by atoms with Crippen LogP contribution in [0.1, 0.15) is 31.1 Å². The SMILES string of the molecule is CCN(CC)S(=O)(=O)c1ccc(NC(=O)COC(=O)[C@H](C)NC(=O)c2ccccc2Cl)cc1. The molecule has 178 valence electrons. The summed E-state index contributed by atoms with van der Waals surface area (Å²) in [6, 6.07) is 11.0. The first-order valence-corrected chi connectivity index (χ1v) is 12.0. The molecule has 2 N–H and O–H groups in total. The highest BCUT2D eigenvalue weighted by Gasteiger charge is 2.22. The average Bonchev–Trinajstić information content (AvgIpc) is 2.78. The molecular weight excluding hydrogens is 470 g/mol. The van der Waals surface area contributed by atoms with E-state index < -0.39 is 40.5 Å². The van der Waals surface area contributed by atoms with Gasteiger partial charge in [-0.05, 0) is 43.3 Å². The van der Waals surface area contributed by atoms with Gasteiger partial charge < -0.3 is 15.4 Å². The van der Waals surface area contributed by atoms with E-state index in [0.29, 0.717) is 18.8 Å². The van der Waals surface area contributed by atoms with E-state index in [1.165, 1.54) is 41.6 Å². The van der Waals surface area contributed by atoms with Gasteiger partial charge in [-0.3, -0.25) is 9.59 Å². The van der Waals surface area contributed by atoms with Gasteiger partial charge in [0, 0.05) is 18.8 Å². The molecule has 0 bridgehead atoms. The Hall–Kier alpha value is -2.95. The van der Waals surface area contributed by atoms with E-state index >= 15 is 0 Å². The molecule has 0 aliphatic heterocycles. The molecule has 0 aliphatic rings. The van der Waals surface area contributed by atoms with Crippen molar-refractivity contribution in [1.82, 2.24) is 9.62 Å². The summed E-state index contributed by atoms with van der Waals surface area (Å²) in [6.45, 7) is 5.04. The van der Waals surface area contributed by atoms with Crippen LogP contribution in [-0.4, -0.2) is 56.2 Å². The third-order valence-corrected chi connectivity index (χ3v) is 7.04. The second-order valence-corrected chi connectivity index (χ2v) is 9.29. The van der Waals surface area contributed by atoms with E-state index in [1.807, 2.05) is 0 Å². The first kappa shape index (κ1) is 26.3. The highest BCUT2D eigenvalue weighted by atomic mass is 35.5. The smallest absolute Gasteiger partial charge is 0.328 e. The maximum atomic E-state index is 12.5. The number of amides is 2. The van der Waals surface area contributed by atoms with E-state index in [4.69, 9.17) is 16.3 Å². The summed E-state index contributed by atoms with van der Waals surface area (Å²) in [7, 11) is -3.60. The molecule has 0 aliphatic carbocycles. The number of carbonyl (C=O) groups is 3. The number of carbonyl (C=O) groups excluding carboxylic acids is 3. The molecule has 0 saturated heterocycles. The molecule has 0 saturated carbocycles. The van der Waals surface area contributed by atoms with E-state index in [9.17, 15) is 22.8 Å². The van der Waals surface area contributed by atoms with Crippen molar-refractivity contribution in [3.05, 3.63) is 59.1 Å². The fraction of sp³-hybridized carbons (Fsp3) is 0.318. The minimum absolute atomic E-state index is 0.110. The zero-order chi connectivity index (χ0) is 24.6. The van der Waals surface area contributed by atoms with Crippen LogP contribution in [0.25, 0.3) is 0 Å². The lowest BCUT2D eigenvalue weighted by atomic mass is 10.2. The number of hydrogen-bond donors (Lipinski definition) is 2. The molecule has 2 rings (SSSR count). The van der Waals surface area contributed by atoms with Crippen molar-refractivity contribution in [3.63, 3.8) is 0 Å². The Kier molecular flexibility index (Phi) is 9.39. The zero-order valence-electron chi connectivity index (χ0n) is 18.5. The number of ether oxygens (including phenoxy) is 1. The monoisotopic (exact) mass is 495 g/mol. The Bertz CT molecular complexity index is 1100. The summed E-state index contributed by atoms with van der Waals surface area (Å²) >= 11 is 5.96. The van der Waals surface area contributed by atoms with Gasteiger partial charge in [-0.1, -0.05) is 37.6 Å². The molecule has 9 nitrogen and oxygen atoms in total. The third-order valence-electron chi connectivity index (χ3n) is 4.65. The van der Waals surface area contributed by atoms with Crippen molar-refractivity contribution in [2.45, 2.75) is 31.7 Å². The van der Waals surface area contributed by atoms with Crippen molar-refractivity contribution in [3.8, 4) is 0 Å². The number of nitrogens with one attached hydrogen (secondary N) is 2. The van der Waals surface area contributed by atoms with Crippen LogP contribution in [0.5, 0.6) is 0 Å². The standard InChI is InChI=1S/C22H26ClN3O6S/c1-4-26(5-2)33(30,31)17-12-10-16(11-13-17)25-20(27)14-32-22(29)15(3)24-21(28)18-8-6-7-9-19(18)23/h6-13,15H,4-5,14H2,1-3H3,(H,24,28)(H,25,27)/t15-/m0/s1. The fourth-order valence-electron chi connectivity index (χ4n) is 2.86. The molecule has 0 radical (unpaired) electrons. The number of sulfonamides is 1. The van der Waals surface area contributed by atoms with Crippen LogP contribution in [0.4, 0.5) is 5.69 Å². The molecule has 33 heavy (non-hydrogen) atoms. The average molecular weight is 496 g/mol. The van der Waals surface area contributed by atoms with Crippen molar-refractivity contribution < 1.29 is 27.5 Å². The summed E-state index contributed by atoms with van der Waals surface area (Å²) in [6.07, 6.45) is 0. The maximum absolute atomic E-state index is 12.5. The number of hydrogen-bond acceptors (Lipinski definition) is 6. The van der Waals surface area contributed by atoms with Crippen LogP contribution >= 0.6 is 11.6 Å². The van der Waals surface area contributed by atoms with Gasteiger partial charge in [0.05, 0.1) is 15.5 Å². The number of benzene rings is 2. The molecule has 11 heteroatoms. The topological polar surface area (TPSA) is 122 Å². The Morgan fingerprint density at radius 1 is 1.03 bits per heavy atom. The van der Waals surface area contributed by atoms with Gasteiger partial charge in [-0.2, -0.15) is 4.31 Å². The Morgan fingerprint density at radius 3 is 2.21 bits per heavy atom. The normalized spacial score (nSPS) is 12.2. The van der Waals surface area contributed by atoms with Gasteiger partial charge in [0.25, 0.3) is 11.8 Å². The maximum Gasteiger partial charge on any atom is 0.328 e. The molecule has 0 heterocycles. The van der Waals surface area contributed by atoms with Gasteiger partial charge >= 0.3 is 5.97 Å². The lowest BCUT2D eigenvalue weighted by Crippen LogP contribution is -2.40. The van der Waals surface area contributed by atoms with E-state index in [0.717, 1.165) is 0 Å². The predicted octanol–water partition coefficient (Wildman–Crippen LogP) is 2.67. The first-order valence-electron chi connectivity index (χ1n) is 10.2. The second kappa shape index (κ2) is 11.8. The third kappa shape index (κ3) is 7.01. The largest absolute Gasteiger partial charge is 0.454 e. The lowest BCUT2D eigenvalue weighted by molar-refractivity contribution is -0.148. The molecule has 0 fully saturated rings. The summed E-state index contributed by atoms with van der Waals surface area (Å²) in [4.78, 5) is 36.5. The number of rotatable bonds is 10. The van der Waals surface area contributed by atoms with Crippen molar-refractivity contribution in [2.75, 3.05) is 25.0 Å². The number of esters is 1. The van der Waals surface area contributed by atoms with Crippen LogP contribution in [-0.2, 0) is 24.3 Å². The summed E-state index contributed by atoms with van der Waals surface area (Å²) in [5, 5.41) is 5.22. The van der Waals surface area contributed by atoms with Gasteiger partial charge in [-0.25, -0.2) is 13.2 Å². The predicted molar refractivity (Wildman–Crippen MR) is 125 cm³/mol. The first-order chi connectivity index (χ1) is 15.6. The summed E-state index contributed by atoms with van der Waals surface area (Å²) in [5.74, 6) is -1.96. The summed E-state index contributed by atoms with van der Waals surface area (Å²) in [5.41, 5.74) is 0.553. The van der Waals surface area contributed by atoms with Crippen LogP contribution in [0.15, 0.2) is 53.4 Å². The minimum atomic E-state index is -3.60. The Balaban J connectivity index is 1.87. The molecule has 0 aromatic heterocycles. The molecule has 2 aromatic carbocycles. The van der Waals surface area contributed by atoms with Crippen LogP contribution in [0.2, 0.25) is 5.02 Å². The molecular formula is C22H26ClN3O6S. The van der Waals surface area contributed by atoms with E-state index in [-0.39, 0.29) is 15.5 Å². The van der Waals surface area contributed by atoms with Gasteiger partial charge in [0.15, 0.2) is 6.61 Å². The van der Waals surface area contributed by atoms with E-state index in [2.05, 4.69) is 10.6 Å². The highest BCUT2D eigenvalue weighted by Crippen LogP contribution is 2.18. The Morgan fingerprint density at radius 2 is 1.64 bits per heavy atom. The van der Waals surface area contributed by atoms with Crippen molar-refractivity contribution in [2.24, 2.45) is 0 Å². The van der Waals surface area contributed by atoms with Gasteiger partial charge in [0.1, 0.15) is 6.04 Å². The van der Waals surface area contributed by atoms with Gasteiger partial charge in [0.2, 0.25) is 10.0 Å². The second-order valence-electron chi connectivity index (χ2n) is 6.94. The molecule has 2 amide bonds.